The summed E-state index contributed by atoms with van der Waals surface area (Å²) in [6, 6.07) is 1.59. The number of methoxy groups -OCH3 is 3. The number of hydrogen-bond donors (Lipinski definition) is 1. The molecule has 0 aliphatic heterocycles. The molecule has 0 fully saturated rings. The quantitative estimate of drug-likeness (QED) is 0.803. The van der Waals surface area contributed by atoms with Gasteiger partial charge in [0.15, 0.2) is 11.5 Å². The number of aliphatic hydroxyl groups excluding tert-OH is 1. The van der Waals surface area contributed by atoms with Crippen LogP contribution in [0.5, 0.6) is 17.2 Å². The molecule has 0 unspecified atom stereocenters. The smallest absolute Gasteiger partial charge is 0.255 e. The van der Waals surface area contributed by atoms with Crippen molar-refractivity contribution in [1.29, 1.82) is 0 Å². The molecular weight excluding hydrogens is 342 g/mol. The molecule has 0 atom stereocenters. The van der Waals surface area contributed by atoms with Gasteiger partial charge in [-0.3, -0.25) is 4.79 Å². The first-order valence-corrected chi connectivity index (χ1v) is 7.23. The Hall–Kier alpha value is -1.47. The highest BCUT2D eigenvalue weighted by Crippen LogP contribution is 2.44. The molecule has 1 N–H and O–H groups in total. The van der Waals surface area contributed by atoms with Gasteiger partial charge in [0.1, 0.15) is 0 Å². The van der Waals surface area contributed by atoms with Gasteiger partial charge in [0.25, 0.3) is 5.91 Å². The van der Waals surface area contributed by atoms with Crippen LogP contribution in [-0.2, 0) is 0 Å². The first-order valence-electron chi connectivity index (χ1n) is 6.44. The molecule has 7 heteroatoms. The molecule has 1 rings (SSSR count). The normalized spacial score (nSPS) is 10.2. The highest BCUT2D eigenvalue weighted by Gasteiger charge is 2.25. The number of ether oxygens (including phenoxy) is 3. The van der Waals surface area contributed by atoms with Crippen molar-refractivity contribution in [3.63, 3.8) is 0 Å². The number of hydrogen-bond acceptors (Lipinski definition) is 5. The number of carbonyl (C=O) groups excluding carboxylic acids is 1. The van der Waals surface area contributed by atoms with Crippen molar-refractivity contribution in [2.45, 2.75) is 6.92 Å². The first-order chi connectivity index (χ1) is 10.0. The zero-order valence-electron chi connectivity index (χ0n) is 12.6. The summed E-state index contributed by atoms with van der Waals surface area (Å²) in [6.07, 6.45) is 0. The van der Waals surface area contributed by atoms with Crippen LogP contribution in [0.15, 0.2) is 10.5 Å². The Balaban J connectivity index is 3.39. The fraction of sp³-hybridized carbons (Fsp3) is 0.500. The van der Waals surface area contributed by atoms with E-state index in [9.17, 15) is 4.79 Å². The Morgan fingerprint density at radius 2 is 1.86 bits per heavy atom. The Morgan fingerprint density at radius 1 is 1.24 bits per heavy atom. The van der Waals surface area contributed by atoms with E-state index in [0.29, 0.717) is 33.8 Å². The molecule has 0 saturated heterocycles. The van der Waals surface area contributed by atoms with E-state index < -0.39 is 0 Å². The second-order valence-corrected chi connectivity index (χ2v) is 4.91. The lowest BCUT2D eigenvalue weighted by atomic mass is 10.1. The van der Waals surface area contributed by atoms with Crippen LogP contribution in [0.1, 0.15) is 17.3 Å². The van der Waals surface area contributed by atoms with Gasteiger partial charge >= 0.3 is 0 Å². The number of rotatable bonds is 7. The minimum atomic E-state index is -0.224. The molecule has 118 valence electrons. The lowest BCUT2D eigenvalue weighted by Crippen LogP contribution is -2.33. The highest BCUT2D eigenvalue weighted by atomic mass is 79.9. The van der Waals surface area contributed by atoms with E-state index in [-0.39, 0.29) is 19.1 Å². The third-order valence-corrected chi connectivity index (χ3v) is 3.83. The van der Waals surface area contributed by atoms with Crippen LogP contribution in [-0.4, -0.2) is 56.9 Å². The Morgan fingerprint density at radius 3 is 2.29 bits per heavy atom. The largest absolute Gasteiger partial charge is 0.493 e. The molecule has 6 nitrogen and oxygen atoms in total. The molecule has 0 heterocycles. The van der Waals surface area contributed by atoms with Crippen molar-refractivity contribution in [3.05, 3.63) is 16.1 Å². The van der Waals surface area contributed by atoms with Crippen molar-refractivity contribution >= 4 is 21.8 Å². The zero-order valence-corrected chi connectivity index (χ0v) is 14.2. The number of aliphatic hydroxyl groups is 1. The summed E-state index contributed by atoms with van der Waals surface area (Å²) in [7, 11) is 4.48. The third-order valence-electron chi connectivity index (χ3n) is 3.04. The fourth-order valence-corrected chi connectivity index (χ4v) is 2.60. The minimum absolute atomic E-state index is 0.0956. The molecule has 21 heavy (non-hydrogen) atoms. The van der Waals surface area contributed by atoms with Gasteiger partial charge in [-0.05, 0) is 28.9 Å². The van der Waals surface area contributed by atoms with Crippen LogP contribution in [0, 0.1) is 0 Å². The maximum absolute atomic E-state index is 12.6. The van der Waals surface area contributed by atoms with Gasteiger partial charge in [-0.15, -0.1) is 0 Å². The third kappa shape index (κ3) is 3.59. The molecule has 0 spiro atoms. The minimum Gasteiger partial charge on any atom is -0.493 e. The fourth-order valence-electron chi connectivity index (χ4n) is 1.97. The van der Waals surface area contributed by atoms with Crippen LogP contribution >= 0.6 is 15.9 Å². The van der Waals surface area contributed by atoms with E-state index in [2.05, 4.69) is 15.9 Å². The van der Waals surface area contributed by atoms with Crippen LogP contribution in [0.2, 0.25) is 0 Å². The second-order valence-electron chi connectivity index (χ2n) is 4.12. The molecule has 0 saturated carbocycles. The molecule has 0 radical (unpaired) electrons. The number of benzene rings is 1. The van der Waals surface area contributed by atoms with Gasteiger partial charge in [0.05, 0.1) is 38.0 Å². The maximum Gasteiger partial charge on any atom is 0.255 e. The Kier molecular flexibility index (Phi) is 6.77. The molecule has 0 aromatic heterocycles. The molecule has 0 aliphatic rings. The average molecular weight is 362 g/mol. The summed E-state index contributed by atoms with van der Waals surface area (Å²) in [5.74, 6) is 0.979. The Labute approximate surface area is 132 Å². The summed E-state index contributed by atoms with van der Waals surface area (Å²) in [5, 5.41) is 9.04. The van der Waals surface area contributed by atoms with Crippen LogP contribution in [0.25, 0.3) is 0 Å². The highest BCUT2D eigenvalue weighted by molar-refractivity contribution is 9.10. The predicted molar refractivity (Wildman–Crippen MR) is 82.5 cm³/mol. The monoisotopic (exact) mass is 361 g/mol. The lowest BCUT2D eigenvalue weighted by Gasteiger charge is -2.22. The zero-order chi connectivity index (χ0) is 16.0. The summed E-state index contributed by atoms with van der Waals surface area (Å²) in [6.45, 7) is 2.50. The number of halogens is 1. The summed E-state index contributed by atoms with van der Waals surface area (Å²) in [4.78, 5) is 14.1. The number of carbonyl (C=O) groups is 1. The van der Waals surface area contributed by atoms with Crippen molar-refractivity contribution in [1.82, 2.24) is 4.90 Å². The van der Waals surface area contributed by atoms with Gasteiger partial charge in [0.2, 0.25) is 5.75 Å². The first kappa shape index (κ1) is 17.6. The molecule has 1 amide bonds. The van der Waals surface area contributed by atoms with Crippen LogP contribution in [0.3, 0.4) is 0 Å². The summed E-state index contributed by atoms with van der Waals surface area (Å²) < 4.78 is 16.3. The molecule has 0 bridgehead atoms. The van der Waals surface area contributed by atoms with E-state index in [1.807, 2.05) is 6.92 Å². The summed E-state index contributed by atoms with van der Waals surface area (Å²) >= 11 is 3.38. The predicted octanol–water partition coefficient (Wildman–Crippen LogP) is 1.93. The molecule has 0 aliphatic carbocycles. The topological polar surface area (TPSA) is 68.2 Å². The van der Waals surface area contributed by atoms with Crippen molar-refractivity contribution < 1.29 is 24.1 Å². The summed E-state index contributed by atoms with van der Waals surface area (Å²) in [5.41, 5.74) is 0.389. The molecular formula is C14H20BrNO5. The van der Waals surface area contributed by atoms with E-state index in [4.69, 9.17) is 19.3 Å². The van der Waals surface area contributed by atoms with Gasteiger partial charge < -0.3 is 24.2 Å². The lowest BCUT2D eigenvalue weighted by molar-refractivity contribution is 0.0730. The number of nitrogens with zero attached hydrogens (tertiary/aromatic N) is 1. The van der Waals surface area contributed by atoms with Gasteiger partial charge in [-0.2, -0.15) is 0 Å². The van der Waals surface area contributed by atoms with E-state index in [1.54, 1.807) is 6.07 Å². The second kappa shape index (κ2) is 8.09. The molecule has 1 aromatic rings. The van der Waals surface area contributed by atoms with Gasteiger partial charge in [-0.1, -0.05) is 0 Å². The Bertz CT molecular complexity index is 507. The molecule has 1 aromatic carbocycles. The number of amides is 1. The van der Waals surface area contributed by atoms with E-state index in [0.717, 1.165) is 0 Å². The van der Waals surface area contributed by atoms with E-state index >= 15 is 0 Å². The van der Waals surface area contributed by atoms with Crippen LogP contribution < -0.4 is 14.2 Å². The number of likely N-dealkylation sites (N-methyl/N-ethyl adjacent to an activating group) is 1. The standard InChI is InChI=1S/C14H20BrNO5/c1-5-16(6-7-17)14(18)9-8-10(19-2)12(20-3)13(21-4)11(9)15/h8,17H,5-7H2,1-4H3. The average Bonchev–Trinajstić information content (AvgIpc) is 2.51. The maximum atomic E-state index is 12.6. The van der Waals surface area contributed by atoms with Gasteiger partial charge in [-0.25, -0.2) is 0 Å². The van der Waals surface area contributed by atoms with Crippen LogP contribution in [0.4, 0.5) is 0 Å². The van der Waals surface area contributed by atoms with E-state index in [1.165, 1.54) is 26.2 Å². The van der Waals surface area contributed by atoms with Crippen molar-refractivity contribution in [3.8, 4) is 17.2 Å². The van der Waals surface area contributed by atoms with Gasteiger partial charge in [0, 0.05) is 13.1 Å². The van der Waals surface area contributed by atoms with Crippen molar-refractivity contribution in [2.75, 3.05) is 41.0 Å². The SMILES string of the molecule is CCN(CCO)C(=O)c1cc(OC)c(OC)c(OC)c1Br. The van der Waals surface area contributed by atoms with Crippen molar-refractivity contribution in [2.24, 2.45) is 0 Å².